The van der Waals surface area contributed by atoms with E-state index in [0.29, 0.717) is 24.2 Å². The summed E-state index contributed by atoms with van der Waals surface area (Å²) < 4.78 is 0. The number of nitrogens with one attached hydrogen (secondary N) is 2. The zero-order chi connectivity index (χ0) is 15.1. The Hall–Kier alpha value is -1.88. The summed E-state index contributed by atoms with van der Waals surface area (Å²) in [5.74, 6) is -0.128. The molecule has 5 heteroatoms. The van der Waals surface area contributed by atoms with E-state index in [1.54, 1.807) is 26.2 Å². The van der Waals surface area contributed by atoms with Gasteiger partial charge in [0.25, 0.3) is 5.91 Å². The van der Waals surface area contributed by atoms with Crippen LogP contribution in [0.1, 0.15) is 29.3 Å². The lowest BCUT2D eigenvalue weighted by Crippen LogP contribution is -2.23. The molecule has 1 aromatic rings. The van der Waals surface area contributed by atoms with Crippen molar-refractivity contribution in [2.75, 3.05) is 32.5 Å². The molecule has 0 radical (unpaired) electrons. The number of nitrogens with zero attached hydrogens (tertiary/aromatic N) is 1. The molecule has 0 saturated heterocycles. The Bertz CT molecular complexity index is 484. The molecule has 0 saturated carbocycles. The molecule has 0 aliphatic heterocycles. The lowest BCUT2D eigenvalue weighted by molar-refractivity contribution is -0.116. The van der Waals surface area contributed by atoms with Crippen LogP contribution in [0.25, 0.3) is 0 Å². The normalized spacial score (nSPS) is 10.2. The van der Waals surface area contributed by atoms with Gasteiger partial charge in [0.2, 0.25) is 5.91 Å². The third kappa shape index (κ3) is 4.66. The highest BCUT2D eigenvalue weighted by molar-refractivity contribution is 5.97. The zero-order valence-electron chi connectivity index (χ0n) is 12.6. The first-order chi connectivity index (χ1) is 9.45. The predicted molar refractivity (Wildman–Crippen MR) is 81.0 cm³/mol. The smallest absolute Gasteiger partial charge is 0.253 e. The van der Waals surface area contributed by atoms with Crippen LogP contribution in [0.15, 0.2) is 18.2 Å². The standard InChI is InChI=1S/C15H23N3O2/c1-5-16-9-8-14(19)17-13-10-12(7-6-11(13)2)15(20)18(3)4/h6-7,10,16H,5,8-9H2,1-4H3,(H,17,19). The van der Waals surface area contributed by atoms with E-state index in [9.17, 15) is 9.59 Å². The average molecular weight is 277 g/mol. The van der Waals surface area contributed by atoms with Gasteiger partial charge in [-0.2, -0.15) is 0 Å². The highest BCUT2D eigenvalue weighted by Gasteiger charge is 2.11. The molecule has 110 valence electrons. The van der Waals surface area contributed by atoms with Crippen molar-refractivity contribution >= 4 is 17.5 Å². The van der Waals surface area contributed by atoms with Gasteiger partial charge in [0, 0.05) is 38.3 Å². The maximum Gasteiger partial charge on any atom is 0.253 e. The maximum absolute atomic E-state index is 11.9. The lowest BCUT2D eigenvalue weighted by Gasteiger charge is -2.13. The van der Waals surface area contributed by atoms with Gasteiger partial charge in [0.1, 0.15) is 0 Å². The van der Waals surface area contributed by atoms with E-state index in [4.69, 9.17) is 0 Å². The molecule has 0 aliphatic carbocycles. The molecule has 1 rings (SSSR count). The Morgan fingerprint density at radius 1 is 1.25 bits per heavy atom. The molecule has 2 N–H and O–H groups in total. The van der Waals surface area contributed by atoms with Gasteiger partial charge in [-0.1, -0.05) is 13.0 Å². The summed E-state index contributed by atoms with van der Waals surface area (Å²) in [7, 11) is 3.41. The van der Waals surface area contributed by atoms with Crippen LogP contribution >= 0.6 is 0 Å². The quantitative estimate of drug-likeness (QED) is 0.777. The summed E-state index contributed by atoms with van der Waals surface area (Å²) >= 11 is 0. The Kier molecular flexibility index (Phi) is 6.18. The van der Waals surface area contributed by atoms with Crippen molar-refractivity contribution in [3.63, 3.8) is 0 Å². The lowest BCUT2D eigenvalue weighted by atomic mass is 10.1. The monoisotopic (exact) mass is 277 g/mol. The van der Waals surface area contributed by atoms with Gasteiger partial charge >= 0.3 is 0 Å². The highest BCUT2D eigenvalue weighted by Crippen LogP contribution is 2.18. The number of rotatable bonds is 6. The minimum atomic E-state index is -0.0758. The molecular formula is C15H23N3O2. The number of hydrogen-bond donors (Lipinski definition) is 2. The van der Waals surface area contributed by atoms with E-state index in [1.165, 1.54) is 4.90 Å². The van der Waals surface area contributed by atoms with E-state index in [2.05, 4.69) is 10.6 Å². The van der Waals surface area contributed by atoms with Crippen LogP contribution in [0.5, 0.6) is 0 Å². The van der Waals surface area contributed by atoms with Crippen LogP contribution in [-0.4, -0.2) is 43.9 Å². The summed E-state index contributed by atoms with van der Waals surface area (Å²) in [4.78, 5) is 25.2. The number of carbonyl (C=O) groups excluding carboxylic acids is 2. The van der Waals surface area contributed by atoms with Crippen molar-refractivity contribution in [2.24, 2.45) is 0 Å². The zero-order valence-corrected chi connectivity index (χ0v) is 12.6. The number of hydrogen-bond acceptors (Lipinski definition) is 3. The van der Waals surface area contributed by atoms with Crippen molar-refractivity contribution in [3.8, 4) is 0 Å². The molecule has 0 unspecified atom stereocenters. The van der Waals surface area contributed by atoms with Crippen LogP contribution in [0.2, 0.25) is 0 Å². The molecule has 20 heavy (non-hydrogen) atoms. The van der Waals surface area contributed by atoms with Gasteiger partial charge in [-0.3, -0.25) is 9.59 Å². The molecule has 0 atom stereocenters. The van der Waals surface area contributed by atoms with Gasteiger partial charge in [0.05, 0.1) is 0 Å². The second-order valence-corrected chi connectivity index (χ2v) is 4.88. The first-order valence-corrected chi connectivity index (χ1v) is 6.78. The molecular weight excluding hydrogens is 254 g/mol. The molecule has 0 aliphatic rings. The second-order valence-electron chi connectivity index (χ2n) is 4.88. The molecule has 0 heterocycles. The van der Waals surface area contributed by atoms with E-state index >= 15 is 0 Å². The minimum absolute atomic E-state index is 0.0523. The summed E-state index contributed by atoms with van der Waals surface area (Å²) in [6.07, 6.45) is 0.416. The van der Waals surface area contributed by atoms with Crippen molar-refractivity contribution in [1.82, 2.24) is 10.2 Å². The van der Waals surface area contributed by atoms with E-state index in [-0.39, 0.29) is 11.8 Å². The summed E-state index contributed by atoms with van der Waals surface area (Å²) in [6.45, 7) is 5.40. The molecule has 2 amide bonds. The van der Waals surface area contributed by atoms with Crippen molar-refractivity contribution in [3.05, 3.63) is 29.3 Å². The van der Waals surface area contributed by atoms with Gasteiger partial charge < -0.3 is 15.5 Å². The van der Waals surface area contributed by atoms with Gasteiger partial charge in [-0.15, -0.1) is 0 Å². The fourth-order valence-corrected chi connectivity index (χ4v) is 1.74. The largest absolute Gasteiger partial charge is 0.345 e. The molecule has 0 aromatic heterocycles. The third-order valence-corrected chi connectivity index (χ3v) is 2.94. The van der Waals surface area contributed by atoms with Gasteiger partial charge in [0.15, 0.2) is 0 Å². The summed E-state index contributed by atoms with van der Waals surface area (Å²) in [5.41, 5.74) is 2.21. The Balaban J connectivity index is 2.76. The van der Waals surface area contributed by atoms with Gasteiger partial charge in [-0.05, 0) is 31.2 Å². The van der Waals surface area contributed by atoms with E-state index < -0.39 is 0 Å². The van der Waals surface area contributed by atoms with Crippen molar-refractivity contribution in [2.45, 2.75) is 20.3 Å². The Labute approximate surface area is 120 Å². The predicted octanol–water partition coefficient (Wildman–Crippen LogP) is 1.63. The number of benzene rings is 1. The first-order valence-electron chi connectivity index (χ1n) is 6.78. The highest BCUT2D eigenvalue weighted by atomic mass is 16.2. The Morgan fingerprint density at radius 3 is 2.55 bits per heavy atom. The topological polar surface area (TPSA) is 61.4 Å². The summed E-state index contributed by atoms with van der Waals surface area (Å²) in [5, 5.41) is 5.96. The molecule has 0 fully saturated rings. The number of aryl methyl sites for hydroxylation is 1. The molecule has 5 nitrogen and oxygen atoms in total. The number of carbonyl (C=O) groups is 2. The van der Waals surface area contributed by atoms with Crippen LogP contribution in [0.3, 0.4) is 0 Å². The fraction of sp³-hybridized carbons (Fsp3) is 0.467. The SMILES string of the molecule is CCNCCC(=O)Nc1cc(C(=O)N(C)C)ccc1C. The summed E-state index contributed by atoms with van der Waals surface area (Å²) in [6, 6.07) is 5.34. The average Bonchev–Trinajstić information content (AvgIpc) is 2.40. The van der Waals surface area contributed by atoms with Crippen LogP contribution in [-0.2, 0) is 4.79 Å². The number of anilines is 1. The fourth-order valence-electron chi connectivity index (χ4n) is 1.74. The third-order valence-electron chi connectivity index (χ3n) is 2.94. The molecule has 0 bridgehead atoms. The number of amides is 2. The molecule has 1 aromatic carbocycles. The minimum Gasteiger partial charge on any atom is -0.345 e. The van der Waals surface area contributed by atoms with E-state index in [1.807, 2.05) is 19.9 Å². The van der Waals surface area contributed by atoms with Crippen molar-refractivity contribution in [1.29, 1.82) is 0 Å². The van der Waals surface area contributed by atoms with Crippen molar-refractivity contribution < 1.29 is 9.59 Å². The molecule has 0 spiro atoms. The van der Waals surface area contributed by atoms with Gasteiger partial charge in [-0.25, -0.2) is 0 Å². The van der Waals surface area contributed by atoms with Crippen LogP contribution < -0.4 is 10.6 Å². The van der Waals surface area contributed by atoms with Crippen LogP contribution in [0.4, 0.5) is 5.69 Å². The second kappa shape index (κ2) is 7.65. The Morgan fingerprint density at radius 2 is 1.95 bits per heavy atom. The first kappa shape index (κ1) is 16.2. The van der Waals surface area contributed by atoms with Crippen LogP contribution in [0, 0.1) is 6.92 Å². The maximum atomic E-state index is 11.9. The van der Waals surface area contributed by atoms with E-state index in [0.717, 1.165) is 12.1 Å².